The van der Waals surface area contributed by atoms with Gasteiger partial charge in [-0.15, -0.1) is 0 Å². The van der Waals surface area contributed by atoms with Crippen LogP contribution in [-0.2, 0) is 9.22 Å². The van der Waals surface area contributed by atoms with Crippen molar-refractivity contribution in [2.45, 2.75) is 95.5 Å². The maximum absolute atomic E-state index is 14.6. The highest BCUT2D eigenvalue weighted by atomic mass is 28.4. The summed E-state index contributed by atoms with van der Waals surface area (Å²) in [6.45, 7) is 13.7. The maximum Gasteiger partial charge on any atom is 0.234 e. The first-order valence-corrected chi connectivity index (χ1v) is 18.8. The molecule has 4 atom stereocenters. The van der Waals surface area contributed by atoms with Crippen molar-refractivity contribution in [1.82, 2.24) is 29.3 Å². The van der Waals surface area contributed by atoms with E-state index in [1.165, 1.54) is 24.7 Å². The van der Waals surface area contributed by atoms with Crippen molar-refractivity contribution in [3.63, 3.8) is 0 Å². The molecule has 4 aromatic heterocycles. The Morgan fingerprint density at radius 1 is 1.11 bits per heavy atom. The monoisotopic (exact) mass is 628 g/mol. The Labute approximate surface area is 264 Å². The average molecular weight is 629 g/mol. The molecule has 236 valence electrons. The third-order valence-corrected chi connectivity index (χ3v) is 14.6. The molecule has 10 nitrogen and oxygen atoms in total. The number of amides is 1. The van der Waals surface area contributed by atoms with E-state index in [1.807, 2.05) is 16.7 Å². The molecule has 1 saturated heterocycles. The number of carbonyl (C=O) groups is 1. The van der Waals surface area contributed by atoms with Gasteiger partial charge in [0.2, 0.25) is 11.7 Å². The smallest absolute Gasteiger partial charge is 0.234 e. The van der Waals surface area contributed by atoms with E-state index >= 15 is 0 Å². The van der Waals surface area contributed by atoms with Crippen LogP contribution in [0.3, 0.4) is 0 Å². The van der Waals surface area contributed by atoms with E-state index in [0.29, 0.717) is 47.6 Å². The largest absolute Gasteiger partial charge is 0.412 e. The van der Waals surface area contributed by atoms with Crippen LogP contribution in [0.2, 0.25) is 18.1 Å². The quantitative estimate of drug-likeness (QED) is 0.226. The molecular formula is C33H41FN8O2Si. The summed E-state index contributed by atoms with van der Waals surface area (Å²) in [5, 5.41) is 3.02. The lowest BCUT2D eigenvalue weighted by atomic mass is 10.1. The number of hydrogen-bond acceptors (Lipinski definition) is 8. The Balaban J connectivity index is 1.14. The Kier molecular flexibility index (Phi) is 7.27. The van der Waals surface area contributed by atoms with Crippen LogP contribution in [0.5, 0.6) is 0 Å². The highest BCUT2D eigenvalue weighted by Crippen LogP contribution is 2.48. The lowest BCUT2D eigenvalue weighted by Crippen LogP contribution is -2.44. The van der Waals surface area contributed by atoms with Gasteiger partial charge in [0.15, 0.2) is 8.32 Å². The van der Waals surface area contributed by atoms with Crippen LogP contribution in [0, 0.1) is 18.7 Å². The number of pyridine rings is 1. The zero-order valence-corrected chi connectivity index (χ0v) is 27.8. The number of aryl methyl sites for hydroxylation is 1. The first kappa shape index (κ1) is 29.9. The van der Waals surface area contributed by atoms with Crippen molar-refractivity contribution >= 4 is 31.6 Å². The molecule has 2 aliphatic carbocycles. The third-order valence-electron chi connectivity index (χ3n) is 10.1. The molecule has 5 heterocycles. The molecule has 1 N–H and O–H groups in total. The lowest BCUT2D eigenvalue weighted by Gasteiger charge is -2.38. The van der Waals surface area contributed by atoms with Gasteiger partial charge in [-0.25, -0.2) is 24.3 Å². The van der Waals surface area contributed by atoms with Crippen molar-refractivity contribution in [1.29, 1.82) is 0 Å². The van der Waals surface area contributed by atoms with Crippen LogP contribution in [0.4, 0.5) is 16.0 Å². The van der Waals surface area contributed by atoms with Gasteiger partial charge in [0.05, 0.1) is 23.5 Å². The molecule has 0 aromatic carbocycles. The highest BCUT2D eigenvalue weighted by Gasteiger charge is 2.47. The Morgan fingerprint density at radius 2 is 1.91 bits per heavy atom. The summed E-state index contributed by atoms with van der Waals surface area (Å²) in [6, 6.07) is 3.36. The van der Waals surface area contributed by atoms with Gasteiger partial charge in [-0.1, -0.05) is 20.8 Å². The summed E-state index contributed by atoms with van der Waals surface area (Å²) < 4.78 is 23.6. The highest BCUT2D eigenvalue weighted by molar-refractivity contribution is 6.74. The van der Waals surface area contributed by atoms with Gasteiger partial charge < -0.3 is 14.6 Å². The fourth-order valence-corrected chi connectivity index (χ4v) is 7.47. The van der Waals surface area contributed by atoms with Gasteiger partial charge in [-0.2, -0.15) is 0 Å². The summed E-state index contributed by atoms with van der Waals surface area (Å²) in [5.74, 6) is 1.28. The predicted molar refractivity (Wildman–Crippen MR) is 172 cm³/mol. The normalized spacial score (nSPS) is 23.5. The zero-order valence-electron chi connectivity index (χ0n) is 26.8. The second-order valence-electron chi connectivity index (χ2n) is 14.5. The summed E-state index contributed by atoms with van der Waals surface area (Å²) in [7, 11) is -2.04. The fraction of sp³-hybridized carbons (Fsp3) is 0.515. The van der Waals surface area contributed by atoms with Gasteiger partial charge in [-0.3, -0.25) is 14.2 Å². The molecule has 3 fully saturated rings. The molecule has 12 heteroatoms. The number of hydrogen-bond donors (Lipinski definition) is 1. The van der Waals surface area contributed by atoms with Crippen LogP contribution in [0.1, 0.15) is 86.8 Å². The number of anilines is 2. The number of fused-ring (bicyclic) bond motifs is 1. The van der Waals surface area contributed by atoms with Crippen LogP contribution < -0.4 is 10.2 Å². The standard InChI is InChI=1S/C33H41FN8O2Si/c1-19-9-10-35-30(29(19)34)23-12-24(23)31(43)40-27-13-28(38-18-37-27)42-16-22(44-45(5,6)33(2,3)4)11-26(42)25-17-41-15-21(20-7-8-20)14-36-32(41)39-25/h9-10,13-15,17-18,20,22-24,26H,7-8,11-12,16H2,1-6H3,(H,37,38,40,43)/t22-,23-,24-,26+/m0/s1. The molecule has 3 aliphatic rings. The van der Waals surface area contributed by atoms with Gasteiger partial charge in [0.1, 0.15) is 23.8 Å². The van der Waals surface area contributed by atoms with E-state index < -0.39 is 8.32 Å². The number of carbonyl (C=O) groups excluding carboxylic acids is 1. The molecule has 0 spiro atoms. The van der Waals surface area contributed by atoms with E-state index in [0.717, 1.165) is 12.1 Å². The lowest BCUT2D eigenvalue weighted by molar-refractivity contribution is -0.117. The Hall–Kier alpha value is -3.77. The third kappa shape index (κ3) is 5.85. The first-order chi connectivity index (χ1) is 21.4. The van der Waals surface area contributed by atoms with Crippen molar-refractivity contribution in [2.24, 2.45) is 5.92 Å². The molecule has 0 bridgehead atoms. The number of nitrogens with zero attached hydrogens (tertiary/aromatic N) is 7. The second-order valence-corrected chi connectivity index (χ2v) is 19.2. The van der Waals surface area contributed by atoms with E-state index in [4.69, 9.17) is 9.41 Å². The van der Waals surface area contributed by atoms with Gasteiger partial charge in [-0.05, 0) is 67.4 Å². The molecule has 1 amide bonds. The number of halogens is 1. The average Bonchev–Trinajstić information content (AvgIpc) is 3.90. The minimum Gasteiger partial charge on any atom is -0.412 e. The molecule has 0 unspecified atom stereocenters. The number of aromatic nitrogens is 6. The number of imidazole rings is 1. The SMILES string of the molecule is Cc1ccnc([C@H]2C[C@@H]2C(=O)Nc2cc(N3C[C@@H](O[Si](C)(C)C(C)(C)C)C[C@@H]3c3cn4cc(C5CC5)cnc4n3)ncn2)c1F. The number of nitrogens with one attached hydrogen (secondary N) is 1. The van der Waals surface area contributed by atoms with E-state index in [9.17, 15) is 9.18 Å². The molecular weight excluding hydrogens is 588 g/mol. The Morgan fingerprint density at radius 3 is 2.67 bits per heavy atom. The van der Waals surface area contributed by atoms with E-state index in [1.54, 1.807) is 19.2 Å². The fourth-order valence-electron chi connectivity index (χ4n) is 6.12. The minimum atomic E-state index is -2.04. The van der Waals surface area contributed by atoms with Crippen molar-refractivity contribution in [3.05, 3.63) is 71.6 Å². The maximum atomic E-state index is 14.6. The Bertz CT molecular complexity index is 1770. The molecule has 1 aliphatic heterocycles. The summed E-state index contributed by atoms with van der Waals surface area (Å²) >= 11 is 0. The topological polar surface area (TPSA) is 110 Å². The molecule has 4 aromatic rings. The van der Waals surface area contributed by atoms with Crippen molar-refractivity contribution < 1.29 is 13.6 Å². The first-order valence-electron chi connectivity index (χ1n) is 15.9. The predicted octanol–water partition coefficient (Wildman–Crippen LogP) is 6.32. The summed E-state index contributed by atoms with van der Waals surface area (Å²) in [4.78, 5) is 38.2. The molecule has 0 radical (unpaired) electrons. The van der Waals surface area contributed by atoms with Crippen molar-refractivity contribution in [3.8, 4) is 0 Å². The van der Waals surface area contributed by atoms with Crippen molar-refractivity contribution in [2.75, 3.05) is 16.8 Å². The zero-order chi connectivity index (χ0) is 31.7. The molecule has 2 saturated carbocycles. The van der Waals surface area contributed by atoms with E-state index in [-0.39, 0.29) is 40.7 Å². The van der Waals surface area contributed by atoms with Gasteiger partial charge in [0, 0.05) is 55.7 Å². The summed E-state index contributed by atoms with van der Waals surface area (Å²) in [6.07, 6.45) is 13.0. The van der Waals surface area contributed by atoms with Crippen LogP contribution in [0.15, 0.2) is 43.2 Å². The van der Waals surface area contributed by atoms with Crippen LogP contribution in [-0.4, -0.2) is 56.2 Å². The van der Waals surface area contributed by atoms with Gasteiger partial charge >= 0.3 is 0 Å². The molecule has 7 rings (SSSR count). The molecule has 45 heavy (non-hydrogen) atoms. The summed E-state index contributed by atoms with van der Waals surface area (Å²) in [5.41, 5.74) is 3.06. The van der Waals surface area contributed by atoms with Crippen LogP contribution >= 0.6 is 0 Å². The minimum absolute atomic E-state index is 0.00681. The van der Waals surface area contributed by atoms with Gasteiger partial charge in [0.25, 0.3) is 0 Å². The van der Waals surface area contributed by atoms with Crippen LogP contribution in [0.25, 0.3) is 5.78 Å². The van der Waals surface area contributed by atoms with E-state index in [2.05, 4.69) is 76.4 Å². The second kappa shape index (κ2) is 10.9. The number of rotatable bonds is 8.